The molecule has 3 N–H and O–H groups in total. The summed E-state index contributed by atoms with van der Waals surface area (Å²) in [4.78, 5) is 0. The van der Waals surface area contributed by atoms with Gasteiger partial charge in [0.1, 0.15) is 11.5 Å². The molecule has 6 heteroatoms. The van der Waals surface area contributed by atoms with Gasteiger partial charge in [-0.15, -0.1) is 0 Å². The molecule has 0 unspecified atom stereocenters. The molecule has 3 rings (SSSR count). The fourth-order valence-electron chi connectivity index (χ4n) is 1.90. The highest BCUT2D eigenvalue weighted by atomic mass is 35.5. The van der Waals surface area contributed by atoms with Crippen molar-refractivity contribution < 1.29 is 14.6 Å². The predicted octanol–water partition coefficient (Wildman–Crippen LogP) is 3.43. The predicted molar refractivity (Wildman–Crippen MR) is 69.8 cm³/mol. The van der Waals surface area contributed by atoms with E-state index in [1.807, 2.05) is 0 Å². The summed E-state index contributed by atoms with van der Waals surface area (Å²) in [6.45, 7) is 0. The largest absolute Gasteiger partial charge is 0.504 e. The van der Waals surface area contributed by atoms with Gasteiger partial charge in [-0.3, -0.25) is 5.10 Å². The summed E-state index contributed by atoms with van der Waals surface area (Å²) in [7, 11) is 0. The number of nitrogens with zero attached hydrogens (tertiary/aromatic N) is 1. The number of nitrogens with one attached hydrogen (secondary N) is 1. The second-order valence-electron chi connectivity index (χ2n) is 4.09. The Hall–Kier alpha value is -2.27. The molecule has 1 heterocycles. The van der Waals surface area contributed by atoms with E-state index in [0.717, 1.165) is 0 Å². The van der Waals surface area contributed by atoms with Crippen molar-refractivity contribution in [2.45, 2.75) is 0 Å². The number of hydrogen-bond acceptors (Lipinski definition) is 3. The molecular formula is C13H8ClFN2O2. The number of aromatic amines is 1. The number of phenolic OH excluding ortho intramolecular Hbond substituents is 2. The van der Waals surface area contributed by atoms with Crippen LogP contribution in [0, 0.1) is 5.82 Å². The van der Waals surface area contributed by atoms with Crippen LogP contribution in [0.3, 0.4) is 0 Å². The van der Waals surface area contributed by atoms with E-state index in [1.54, 1.807) is 6.07 Å². The Balaban J connectivity index is 2.25. The van der Waals surface area contributed by atoms with Crippen molar-refractivity contribution in [3.63, 3.8) is 0 Å². The number of benzene rings is 2. The lowest BCUT2D eigenvalue weighted by atomic mass is 10.1. The Morgan fingerprint density at radius 1 is 1.11 bits per heavy atom. The van der Waals surface area contributed by atoms with Crippen molar-refractivity contribution in [1.29, 1.82) is 0 Å². The lowest BCUT2D eigenvalue weighted by molar-refractivity contribution is 0.404. The maximum absolute atomic E-state index is 13.3. The van der Waals surface area contributed by atoms with Gasteiger partial charge in [-0.05, 0) is 24.3 Å². The second-order valence-corrected chi connectivity index (χ2v) is 4.49. The van der Waals surface area contributed by atoms with Crippen LogP contribution in [0.5, 0.6) is 11.5 Å². The second kappa shape index (κ2) is 4.13. The third-order valence-electron chi connectivity index (χ3n) is 2.85. The molecule has 96 valence electrons. The lowest BCUT2D eigenvalue weighted by Gasteiger charge is -2.01. The number of aromatic nitrogens is 2. The molecular weight excluding hydrogens is 271 g/mol. The van der Waals surface area contributed by atoms with Gasteiger partial charge < -0.3 is 10.2 Å². The van der Waals surface area contributed by atoms with Crippen LogP contribution in [0.1, 0.15) is 0 Å². The molecule has 0 fully saturated rings. The summed E-state index contributed by atoms with van der Waals surface area (Å²) in [5.74, 6) is -0.993. The van der Waals surface area contributed by atoms with Crippen LogP contribution in [-0.4, -0.2) is 20.4 Å². The van der Waals surface area contributed by atoms with Crippen molar-refractivity contribution >= 4 is 22.5 Å². The number of H-pyrrole nitrogens is 1. The number of phenols is 2. The summed E-state index contributed by atoms with van der Waals surface area (Å²) < 4.78 is 13.3. The van der Waals surface area contributed by atoms with E-state index in [-0.39, 0.29) is 16.5 Å². The molecule has 3 aromatic rings. The Labute approximate surface area is 112 Å². The zero-order chi connectivity index (χ0) is 13.6. The normalized spacial score (nSPS) is 11.1. The highest BCUT2D eigenvalue weighted by Crippen LogP contribution is 2.34. The molecule has 0 atom stereocenters. The Kier molecular flexibility index (Phi) is 2.57. The molecule has 0 radical (unpaired) electrons. The molecule has 0 aliphatic carbocycles. The van der Waals surface area contributed by atoms with Crippen LogP contribution in [0.15, 0.2) is 30.3 Å². The maximum atomic E-state index is 13.3. The van der Waals surface area contributed by atoms with E-state index in [0.29, 0.717) is 22.2 Å². The fourth-order valence-corrected chi connectivity index (χ4v) is 2.07. The van der Waals surface area contributed by atoms with E-state index in [2.05, 4.69) is 10.2 Å². The first-order valence-electron chi connectivity index (χ1n) is 5.42. The molecule has 0 saturated heterocycles. The molecule has 1 aromatic heterocycles. The van der Waals surface area contributed by atoms with Crippen LogP contribution in [0.4, 0.5) is 4.39 Å². The van der Waals surface area contributed by atoms with E-state index >= 15 is 0 Å². The van der Waals surface area contributed by atoms with E-state index < -0.39 is 5.82 Å². The van der Waals surface area contributed by atoms with Gasteiger partial charge in [-0.2, -0.15) is 5.10 Å². The molecule has 0 saturated carbocycles. The summed E-state index contributed by atoms with van der Waals surface area (Å²) in [6.07, 6.45) is 0. The standard InChI is InChI=1S/C13H8ClFN2O2/c14-8-4-7-10(5-9(8)15)16-17-13(7)6-1-2-11(18)12(19)3-6/h1-5,18-19H,(H,16,17). The third-order valence-corrected chi connectivity index (χ3v) is 3.14. The fraction of sp³-hybridized carbons (Fsp3) is 0. The van der Waals surface area contributed by atoms with Gasteiger partial charge in [0.2, 0.25) is 0 Å². The number of halogens is 2. The lowest BCUT2D eigenvalue weighted by Crippen LogP contribution is -1.80. The maximum Gasteiger partial charge on any atom is 0.158 e. The van der Waals surface area contributed by atoms with Crippen LogP contribution in [0.25, 0.3) is 22.2 Å². The highest BCUT2D eigenvalue weighted by Gasteiger charge is 2.12. The number of fused-ring (bicyclic) bond motifs is 1. The van der Waals surface area contributed by atoms with Crippen molar-refractivity contribution in [3.8, 4) is 22.8 Å². The molecule has 0 aliphatic rings. The van der Waals surface area contributed by atoms with Gasteiger partial charge >= 0.3 is 0 Å². The van der Waals surface area contributed by atoms with Crippen LogP contribution in [-0.2, 0) is 0 Å². The average molecular weight is 279 g/mol. The Bertz CT molecular complexity index is 786. The van der Waals surface area contributed by atoms with Crippen LogP contribution >= 0.6 is 11.6 Å². The highest BCUT2D eigenvalue weighted by molar-refractivity contribution is 6.31. The zero-order valence-corrected chi connectivity index (χ0v) is 10.2. The zero-order valence-electron chi connectivity index (χ0n) is 9.48. The Morgan fingerprint density at radius 2 is 1.89 bits per heavy atom. The smallest absolute Gasteiger partial charge is 0.158 e. The minimum Gasteiger partial charge on any atom is -0.504 e. The van der Waals surface area contributed by atoms with Crippen molar-refractivity contribution in [2.24, 2.45) is 0 Å². The van der Waals surface area contributed by atoms with Crippen LogP contribution in [0.2, 0.25) is 5.02 Å². The monoisotopic (exact) mass is 278 g/mol. The topological polar surface area (TPSA) is 69.1 Å². The minimum absolute atomic E-state index is 0.00171. The van der Waals surface area contributed by atoms with Crippen molar-refractivity contribution in [1.82, 2.24) is 10.2 Å². The van der Waals surface area contributed by atoms with E-state index in [9.17, 15) is 14.6 Å². The quantitative estimate of drug-likeness (QED) is 0.597. The van der Waals surface area contributed by atoms with E-state index in [4.69, 9.17) is 11.6 Å². The first-order valence-corrected chi connectivity index (χ1v) is 5.79. The molecule has 0 aliphatic heterocycles. The summed E-state index contributed by atoms with van der Waals surface area (Å²) in [6, 6.07) is 7.06. The molecule has 4 nitrogen and oxygen atoms in total. The first kappa shape index (κ1) is 11.8. The van der Waals surface area contributed by atoms with E-state index in [1.165, 1.54) is 24.3 Å². The van der Waals surface area contributed by atoms with Gasteiger partial charge in [-0.1, -0.05) is 11.6 Å². The first-order chi connectivity index (χ1) is 9.06. The Morgan fingerprint density at radius 3 is 2.63 bits per heavy atom. The minimum atomic E-state index is -0.530. The number of hydrogen-bond donors (Lipinski definition) is 3. The molecule has 0 spiro atoms. The van der Waals surface area contributed by atoms with Crippen LogP contribution < -0.4 is 0 Å². The number of rotatable bonds is 1. The summed E-state index contributed by atoms with van der Waals surface area (Å²) in [5, 5.41) is 26.2. The summed E-state index contributed by atoms with van der Waals surface area (Å²) in [5.41, 5.74) is 1.61. The van der Waals surface area contributed by atoms with Gasteiger partial charge in [0, 0.05) is 17.0 Å². The number of aromatic hydroxyl groups is 2. The van der Waals surface area contributed by atoms with Crippen molar-refractivity contribution in [3.05, 3.63) is 41.2 Å². The van der Waals surface area contributed by atoms with Gasteiger partial charge in [0.25, 0.3) is 0 Å². The molecule has 2 aromatic carbocycles. The van der Waals surface area contributed by atoms with Crippen molar-refractivity contribution in [2.75, 3.05) is 0 Å². The van der Waals surface area contributed by atoms with Gasteiger partial charge in [0.05, 0.1) is 10.5 Å². The molecule has 0 amide bonds. The molecule has 19 heavy (non-hydrogen) atoms. The van der Waals surface area contributed by atoms with Gasteiger partial charge in [0.15, 0.2) is 11.5 Å². The van der Waals surface area contributed by atoms with Gasteiger partial charge in [-0.25, -0.2) is 4.39 Å². The summed E-state index contributed by atoms with van der Waals surface area (Å²) >= 11 is 5.75. The molecule has 0 bridgehead atoms. The third kappa shape index (κ3) is 1.88. The average Bonchev–Trinajstić information content (AvgIpc) is 2.76. The SMILES string of the molecule is Oc1ccc(-c2n[nH]c3cc(F)c(Cl)cc23)cc1O.